The van der Waals surface area contributed by atoms with Gasteiger partial charge in [-0.1, -0.05) is 0 Å². The van der Waals surface area contributed by atoms with Gasteiger partial charge >= 0.3 is 0 Å². The predicted octanol–water partition coefficient (Wildman–Crippen LogP) is 0.624. The molecule has 0 saturated heterocycles. The molecule has 0 spiro atoms. The van der Waals surface area contributed by atoms with E-state index in [0.717, 1.165) is 5.76 Å². The van der Waals surface area contributed by atoms with Gasteiger partial charge in [0.2, 0.25) is 6.79 Å². The van der Waals surface area contributed by atoms with Crippen molar-refractivity contribution < 1.29 is 23.6 Å². The largest absolute Gasteiger partial charge is 0.463 e. The van der Waals surface area contributed by atoms with E-state index in [-0.39, 0.29) is 18.7 Å². The Balaban J connectivity index is 1.66. The molecule has 0 radical (unpaired) electrons. The monoisotopic (exact) mass is 303 g/mol. The number of carbonyl (C=O) groups excluding carboxylic acids is 1. The van der Waals surface area contributed by atoms with E-state index >= 15 is 0 Å². The molecule has 2 N–H and O–H groups in total. The summed E-state index contributed by atoms with van der Waals surface area (Å²) in [6.07, 6.45) is 1.64. The van der Waals surface area contributed by atoms with Gasteiger partial charge in [-0.05, 0) is 30.3 Å². The summed E-state index contributed by atoms with van der Waals surface area (Å²) in [5, 5.41) is 2.94. The number of fused-ring (bicyclic) bond motifs is 1. The Kier molecular flexibility index (Phi) is 4.02. The molecular formula is C16H19N2O4+. The normalized spacial score (nSPS) is 14.1. The first-order valence-electron chi connectivity index (χ1n) is 7.16. The van der Waals surface area contributed by atoms with Crippen LogP contribution in [0.25, 0.3) is 0 Å². The second-order valence-corrected chi connectivity index (χ2v) is 5.42. The second kappa shape index (κ2) is 6.11. The molecular weight excluding hydrogens is 284 g/mol. The predicted molar refractivity (Wildman–Crippen MR) is 79.2 cm³/mol. The number of amides is 1. The lowest BCUT2D eigenvalue weighted by molar-refractivity contribution is -0.891. The van der Waals surface area contributed by atoms with Crippen molar-refractivity contribution in [3.8, 4) is 11.5 Å². The minimum absolute atomic E-state index is 0.0629. The van der Waals surface area contributed by atoms with Crippen LogP contribution in [0.5, 0.6) is 11.5 Å². The number of benzene rings is 1. The van der Waals surface area contributed by atoms with Crippen molar-refractivity contribution in [2.45, 2.75) is 6.04 Å². The average Bonchev–Trinajstić information content (AvgIpc) is 3.17. The molecule has 1 atom stereocenters. The van der Waals surface area contributed by atoms with Gasteiger partial charge in [0.1, 0.15) is 0 Å². The summed E-state index contributed by atoms with van der Waals surface area (Å²) in [5.74, 6) is 1.98. The second-order valence-electron chi connectivity index (χ2n) is 5.42. The van der Waals surface area contributed by atoms with Gasteiger partial charge in [-0.15, -0.1) is 0 Å². The molecule has 2 heterocycles. The van der Waals surface area contributed by atoms with Crippen LogP contribution in [0.4, 0.5) is 0 Å². The minimum Gasteiger partial charge on any atom is -0.463 e. The lowest BCUT2D eigenvalue weighted by Crippen LogP contribution is -3.07. The van der Waals surface area contributed by atoms with E-state index in [1.807, 2.05) is 26.2 Å². The highest BCUT2D eigenvalue weighted by Crippen LogP contribution is 2.32. The maximum Gasteiger partial charge on any atom is 0.251 e. The van der Waals surface area contributed by atoms with E-state index in [0.29, 0.717) is 23.6 Å². The summed E-state index contributed by atoms with van der Waals surface area (Å²) in [6.45, 7) is 0.689. The number of furan rings is 1. The molecule has 1 aromatic carbocycles. The van der Waals surface area contributed by atoms with Crippen molar-refractivity contribution in [1.29, 1.82) is 0 Å². The fourth-order valence-corrected chi connectivity index (χ4v) is 2.41. The SMILES string of the molecule is C[NH+](C)[C@H](CNC(=O)c1ccc2c(c1)OCO2)c1ccco1. The lowest BCUT2D eigenvalue weighted by atomic mass is 10.1. The van der Waals surface area contributed by atoms with Crippen LogP contribution in [0, 0.1) is 0 Å². The van der Waals surface area contributed by atoms with E-state index in [9.17, 15) is 4.79 Å². The molecule has 0 aliphatic carbocycles. The van der Waals surface area contributed by atoms with Crippen molar-refractivity contribution >= 4 is 5.91 Å². The van der Waals surface area contributed by atoms with Crippen molar-refractivity contribution in [2.75, 3.05) is 27.4 Å². The first kappa shape index (κ1) is 14.5. The van der Waals surface area contributed by atoms with Gasteiger partial charge in [0.05, 0.1) is 26.9 Å². The molecule has 0 unspecified atom stereocenters. The number of hydrogen-bond donors (Lipinski definition) is 2. The van der Waals surface area contributed by atoms with Crippen LogP contribution in [-0.4, -0.2) is 33.3 Å². The number of hydrogen-bond acceptors (Lipinski definition) is 4. The van der Waals surface area contributed by atoms with Gasteiger partial charge in [0, 0.05) is 5.56 Å². The average molecular weight is 303 g/mol. The molecule has 22 heavy (non-hydrogen) atoms. The molecule has 6 nitrogen and oxygen atoms in total. The Hall–Kier alpha value is -2.47. The molecule has 1 aliphatic heterocycles. The van der Waals surface area contributed by atoms with E-state index in [2.05, 4.69) is 5.32 Å². The van der Waals surface area contributed by atoms with Crippen molar-refractivity contribution in [3.05, 3.63) is 47.9 Å². The maximum absolute atomic E-state index is 12.3. The summed E-state index contributed by atoms with van der Waals surface area (Å²) in [6, 6.07) is 9.01. The fourth-order valence-electron chi connectivity index (χ4n) is 2.41. The smallest absolute Gasteiger partial charge is 0.251 e. The van der Waals surface area contributed by atoms with E-state index in [1.54, 1.807) is 24.5 Å². The minimum atomic E-state index is -0.142. The number of rotatable bonds is 5. The van der Waals surface area contributed by atoms with Crippen molar-refractivity contribution in [2.24, 2.45) is 0 Å². The summed E-state index contributed by atoms with van der Waals surface area (Å²) in [4.78, 5) is 13.5. The third-order valence-corrected chi connectivity index (χ3v) is 3.69. The van der Waals surface area contributed by atoms with E-state index < -0.39 is 0 Å². The van der Waals surface area contributed by atoms with Gasteiger partial charge in [0.25, 0.3) is 5.91 Å². The zero-order valence-electron chi connectivity index (χ0n) is 12.6. The zero-order valence-corrected chi connectivity index (χ0v) is 12.6. The van der Waals surface area contributed by atoms with E-state index in [4.69, 9.17) is 13.9 Å². The number of ether oxygens (including phenoxy) is 2. The van der Waals surface area contributed by atoms with Gasteiger partial charge in [0.15, 0.2) is 23.3 Å². The van der Waals surface area contributed by atoms with Gasteiger partial charge in [-0.2, -0.15) is 0 Å². The Morgan fingerprint density at radius 1 is 1.27 bits per heavy atom. The molecule has 1 aliphatic rings. The summed E-state index contributed by atoms with van der Waals surface area (Å²) < 4.78 is 16.0. The Morgan fingerprint density at radius 2 is 2.09 bits per heavy atom. The van der Waals surface area contributed by atoms with Crippen LogP contribution in [0.1, 0.15) is 22.2 Å². The van der Waals surface area contributed by atoms with Gasteiger partial charge in [-0.3, -0.25) is 4.79 Å². The Morgan fingerprint density at radius 3 is 2.82 bits per heavy atom. The fraction of sp³-hybridized carbons (Fsp3) is 0.312. The molecule has 0 bridgehead atoms. The van der Waals surface area contributed by atoms with Crippen LogP contribution in [0.15, 0.2) is 41.0 Å². The number of carbonyl (C=O) groups is 1. The topological polar surface area (TPSA) is 65.1 Å². The van der Waals surface area contributed by atoms with Crippen molar-refractivity contribution in [1.82, 2.24) is 5.32 Å². The molecule has 6 heteroatoms. The highest BCUT2D eigenvalue weighted by molar-refractivity contribution is 5.94. The highest BCUT2D eigenvalue weighted by Gasteiger charge is 2.22. The first-order chi connectivity index (χ1) is 10.6. The molecule has 2 aromatic rings. The molecule has 1 aromatic heterocycles. The van der Waals surface area contributed by atoms with Crippen LogP contribution < -0.4 is 19.7 Å². The highest BCUT2D eigenvalue weighted by atomic mass is 16.7. The van der Waals surface area contributed by atoms with E-state index in [1.165, 1.54) is 4.90 Å². The third-order valence-electron chi connectivity index (χ3n) is 3.69. The molecule has 0 fully saturated rings. The molecule has 116 valence electrons. The van der Waals surface area contributed by atoms with Crippen molar-refractivity contribution in [3.63, 3.8) is 0 Å². The Labute approximate surface area is 128 Å². The van der Waals surface area contributed by atoms with Crippen LogP contribution in [0.3, 0.4) is 0 Å². The molecule has 1 amide bonds. The molecule has 3 rings (SSSR count). The number of quaternary nitrogens is 1. The lowest BCUT2D eigenvalue weighted by Gasteiger charge is -2.19. The maximum atomic E-state index is 12.3. The summed E-state index contributed by atoms with van der Waals surface area (Å²) in [7, 11) is 4.06. The number of nitrogens with one attached hydrogen (secondary N) is 2. The van der Waals surface area contributed by atoms with Crippen LogP contribution in [-0.2, 0) is 0 Å². The summed E-state index contributed by atoms with van der Waals surface area (Å²) >= 11 is 0. The zero-order chi connectivity index (χ0) is 15.5. The number of likely N-dealkylation sites (N-methyl/N-ethyl adjacent to an activating group) is 1. The first-order valence-corrected chi connectivity index (χ1v) is 7.16. The van der Waals surface area contributed by atoms with Gasteiger partial charge < -0.3 is 24.1 Å². The van der Waals surface area contributed by atoms with Crippen LogP contribution in [0.2, 0.25) is 0 Å². The summed E-state index contributed by atoms with van der Waals surface area (Å²) in [5.41, 5.74) is 0.552. The van der Waals surface area contributed by atoms with Crippen LogP contribution >= 0.6 is 0 Å². The molecule has 0 saturated carbocycles. The standard InChI is InChI=1S/C16H18N2O4/c1-18(2)12(13-4-3-7-20-13)9-17-16(19)11-5-6-14-15(8-11)22-10-21-14/h3-8,12H,9-10H2,1-2H3,(H,17,19)/p+1/t12-/m1/s1. The quantitative estimate of drug-likeness (QED) is 0.850. The van der Waals surface area contributed by atoms with Gasteiger partial charge in [-0.25, -0.2) is 0 Å². The Bertz CT molecular complexity index is 652. The third kappa shape index (κ3) is 2.92.